The van der Waals surface area contributed by atoms with Crippen LogP contribution in [0.3, 0.4) is 0 Å². The van der Waals surface area contributed by atoms with Crippen LogP contribution in [0.4, 0.5) is 5.69 Å². The van der Waals surface area contributed by atoms with Gasteiger partial charge in [0.25, 0.3) is 0 Å². The number of hydrazone groups is 1. The van der Waals surface area contributed by atoms with E-state index in [0.717, 1.165) is 36.6 Å². The van der Waals surface area contributed by atoms with Crippen molar-refractivity contribution in [3.05, 3.63) is 97.5 Å². The molecule has 6 nitrogen and oxygen atoms in total. The number of nitrogens with zero attached hydrogens (tertiary/aromatic N) is 3. The van der Waals surface area contributed by atoms with Crippen molar-refractivity contribution in [3.63, 3.8) is 0 Å². The normalized spacial score (nSPS) is 19.7. The molecule has 0 unspecified atom stereocenters. The molecule has 1 saturated heterocycles. The molecule has 5 rings (SSSR count). The van der Waals surface area contributed by atoms with Gasteiger partial charge in [0.1, 0.15) is 5.25 Å². The highest BCUT2D eigenvalue weighted by atomic mass is 127. The molecule has 2 atom stereocenters. The molecule has 0 radical (unpaired) electrons. The predicted molar refractivity (Wildman–Crippen MR) is 156 cm³/mol. The van der Waals surface area contributed by atoms with Gasteiger partial charge in [0.15, 0.2) is 5.17 Å². The highest BCUT2D eigenvalue weighted by Gasteiger charge is 2.42. The number of thioether (sulfide) groups is 1. The molecule has 3 aromatic carbocycles. The van der Waals surface area contributed by atoms with Crippen molar-refractivity contribution < 1.29 is 9.59 Å². The number of rotatable bonds is 4. The van der Waals surface area contributed by atoms with Crippen LogP contribution in [0.25, 0.3) is 0 Å². The van der Waals surface area contributed by atoms with Crippen molar-refractivity contribution in [2.75, 3.05) is 4.90 Å². The molecule has 2 aliphatic rings. The Kier molecular flexibility index (Phi) is 7.32. The number of aryl methyl sites for hydroxylation is 1. The number of benzene rings is 3. The zero-order valence-electron chi connectivity index (χ0n) is 19.3. The average Bonchev–Trinajstić information content (AvgIpc) is 3.42. The first-order valence-electron chi connectivity index (χ1n) is 11.4. The molecular formula is C27H22BrIN4O2S. The Morgan fingerprint density at radius 3 is 2.33 bits per heavy atom. The molecule has 0 spiro atoms. The first-order chi connectivity index (χ1) is 17.3. The Hall–Kier alpha value is -2.50. The monoisotopic (exact) mass is 672 g/mol. The van der Waals surface area contributed by atoms with Gasteiger partial charge in [0.2, 0.25) is 11.8 Å². The lowest BCUT2D eigenvalue weighted by Gasteiger charge is -2.24. The van der Waals surface area contributed by atoms with Gasteiger partial charge in [0.05, 0.1) is 17.4 Å². The highest BCUT2D eigenvalue weighted by molar-refractivity contribution is 14.1. The van der Waals surface area contributed by atoms with Crippen molar-refractivity contribution in [1.82, 2.24) is 5.01 Å². The van der Waals surface area contributed by atoms with Gasteiger partial charge < -0.3 is 0 Å². The minimum atomic E-state index is -0.659. The summed E-state index contributed by atoms with van der Waals surface area (Å²) in [7, 11) is 0. The second kappa shape index (κ2) is 10.5. The first-order valence-corrected chi connectivity index (χ1v) is 14.1. The molecule has 9 heteroatoms. The van der Waals surface area contributed by atoms with Gasteiger partial charge >= 0.3 is 0 Å². The minimum Gasteiger partial charge on any atom is -0.277 e. The third-order valence-corrected chi connectivity index (χ3v) is 8.51. The third-order valence-electron chi connectivity index (χ3n) is 6.20. The Bertz CT molecular complexity index is 1360. The van der Waals surface area contributed by atoms with E-state index in [2.05, 4.69) is 50.7 Å². The zero-order chi connectivity index (χ0) is 25.4. The van der Waals surface area contributed by atoms with E-state index in [1.54, 1.807) is 17.1 Å². The Balaban J connectivity index is 1.39. The maximum Gasteiger partial charge on any atom is 0.247 e. The van der Waals surface area contributed by atoms with Crippen LogP contribution in [-0.2, 0) is 9.59 Å². The third kappa shape index (κ3) is 5.14. The van der Waals surface area contributed by atoms with Crippen molar-refractivity contribution in [2.24, 2.45) is 5.10 Å². The second-order valence-electron chi connectivity index (χ2n) is 8.69. The molecule has 36 heavy (non-hydrogen) atoms. The van der Waals surface area contributed by atoms with Crippen molar-refractivity contribution in [1.29, 1.82) is 5.41 Å². The second-order valence-corrected chi connectivity index (χ2v) is 12.0. The molecule has 2 heterocycles. The lowest BCUT2D eigenvalue weighted by Crippen LogP contribution is -2.32. The van der Waals surface area contributed by atoms with Gasteiger partial charge in [-0.3, -0.25) is 15.0 Å². The fourth-order valence-electron chi connectivity index (χ4n) is 4.31. The van der Waals surface area contributed by atoms with Crippen LogP contribution in [-0.4, -0.2) is 33.0 Å². The summed E-state index contributed by atoms with van der Waals surface area (Å²) in [4.78, 5) is 27.2. The number of anilines is 1. The summed E-state index contributed by atoms with van der Waals surface area (Å²) < 4.78 is 2.00. The van der Waals surface area contributed by atoms with Crippen molar-refractivity contribution in [2.45, 2.75) is 31.1 Å². The van der Waals surface area contributed by atoms with Crippen LogP contribution in [0, 0.1) is 15.9 Å². The molecular weight excluding hydrogens is 651 g/mol. The maximum atomic E-state index is 13.2. The summed E-state index contributed by atoms with van der Waals surface area (Å²) in [6.07, 6.45) is 0.698. The number of carbonyl (C=O) groups is 2. The number of hydrogen-bond donors (Lipinski definition) is 1. The van der Waals surface area contributed by atoms with E-state index in [9.17, 15) is 9.59 Å². The van der Waals surface area contributed by atoms with Crippen LogP contribution < -0.4 is 4.90 Å². The van der Waals surface area contributed by atoms with Gasteiger partial charge in [0, 0.05) is 20.9 Å². The molecule has 0 bridgehead atoms. The minimum absolute atomic E-state index is 0.0587. The van der Waals surface area contributed by atoms with Crippen LogP contribution in [0.15, 0.2) is 82.4 Å². The summed E-state index contributed by atoms with van der Waals surface area (Å²) in [5, 5.41) is 14.9. The average molecular weight is 673 g/mol. The number of hydrogen-bond acceptors (Lipinski definition) is 5. The molecule has 0 aromatic heterocycles. The van der Waals surface area contributed by atoms with Gasteiger partial charge in [-0.15, -0.1) is 0 Å². The Morgan fingerprint density at radius 1 is 1.00 bits per heavy atom. The molecule has 0 saturated carbocycles. The molecule has 3 aromatic rings. The molecule has 182 valence electrons. The zero-order valence-corrected chi connectivity index (χ0v) is 23.9. The lowest BCUT2D eigenvalue weighted by atomic mass is 9.98. The largest absolute Gasteiger partial charge is 0.277 e. The van der Waals surface area contributed by atoms with Crippen LogP contribution in [0.2, 0.25) is 0 Å². The number of amidine groups is 1. The van der Waals surface area contributed by atoms with E-state index in [0.29, 0.717) is 12.1 Å². The van der Waals surface area contributed by atoms with Gasteiger partial charge in [-0.1, -0.05) is 69.7 Å². The van der Waals surface area contributed by atoms with Crippen LogP contribution in [0.5, 0.6) is 0 Å². The topological polar surface area (TPSA) is 76.8 Å². The van der Waals surface area contributed by atoms with E-state index in [1.807, 2.05) is 55.5 Å². The number of amides is 2. The maximum absolute atomic E-state index is 13.2. The van der Waals surface area contributed by atoms with Crippen molar-refractivity contribution in [3.8, 4) is 0 Å². The quantitative estimate of drug-likeness (QED) is 0.148. The number of nitrogens with one attached hydrogen (secondary N) is 1. The summed E-state index contributed by atoms with van der Waals surface area (Å²) in [5.74, 6) is -0.542. The smallest absolute Gasteiger partial charge is 0.247 e. The summed E-state index contributed by atoms with van der Waals surface area (Å²) in [6.45, 7) is 2.04. The van der Waals surface area contributed by atoms with E-state index < -0.39 is 5.25 Å². The molecule has 2 aliphatic heterocycles. The van der Waals surface area contributed by atoms with Crippen LogP contribution in [0.1, 0.15) is 35.6 Å². The number of imide groups is 1. The van der Waals surface area contributed by atoms with E-state index in [4.69, 9.17) is 10.5 Å². The Morgan fingerprint density at radius 2 is 1.67 bits per heavy atom. The predicted octanol–water partition coefficient (Wildman–Crippen LogP) is 6.51. The standard InChI is InChI=1S/C27H22BrIN4O2S/c1-16-2-4-17(5-3-16)22-14-23(18-6-8-19(28)9-7-18)33(31-22)27(30)36-24-15-25(34)32(26(24)35)21-12-10-20(29)11-13-21/h2-13,23-24,30H,14-15H2,1H3/t23-,24-/m0/s1. The molecule has 1 fully saturated rings. The summed E-state index contributed by atoms with van der Waals surface area (Å²) in [5.41, 5.74) is 4.67. The van der Waals surface area contributed by atoms with Gasteiger partial charge in [-0.25, -0.2) is 9.91 Å². The summed E-state index contributed by atoms with van der Waals surface area (Å²) in [6, 6.07) is 23.3. The number of halogens is 2. The van der Waals surface area contributed by atoms with Gasteiger partial charge in [-0.2, -0.15) is 5.10 Å². The molecule has 0 aliphatic carbocycles. The van der Waals surface area contributed by atoms with E-state index in [1.165, 1.54) is 10.5 Å². The Labute approximate surface area is 235 Å². The number of carbonyl (C=O) groups excluding carboxylic acids is 2. The van der Waals surface area contributed by atoms with Gasteiger partial charge in [-0.05, 0) is 77.0 Å². The summed E-state index contributed by atoms with van der Waals surface area (Å²) >= 11 is 6.77. The van der Waals surface area contributed by atoms with Crippen LogP contribution >= 0.6 is 50.3 Å². The fourth-order valence-corrected chi connectivity index (χ4v) is 5.91. The van der Waals surface area contributed by atoms with Crippen molar-refractivity contribution >= 4 is 78.7 Å². The van der Waals surface area contributed by atoms with E-state index >= 15 is 0 Å². The highest BCUT2D eigenvalue weighted by Crippen LogP contribution is 2.38. The first kappa shape index (κ1) is 25.2. The fraction of sp³-hybridized carbons (Fsp3) is 0.185. The lowest BCUT2D eigenvalue weighted by molar-refractivity contribution is -0.121. The van der Waals surface area contributed by atoms with E-state index in [-0.39, 0.29) is 29.4 Å². The SMILES string of the molecule is Cc1ccc(C2=NN(C(=N)S[C@H]3CC(=O)N(c4ccc(I)cc4)C3=O)[C@H](c3ccc(Br)cc3)C2)cc1. The molecule has 2 amide bonds. The molecule has 1 N–H and O–H groups in total.